The average molecular weight is 716 g/mol. The maximum atomic E-state index is 2.47. The lowest BCUT2D eigenvalue weighted by Gasteiger charge is -2.35. The molecule has 0 N–H and O–H groups in total. The highest BCUT2D eigenvalue weighted by Crippen LogP contribution is 2.57. The molecule has 9 aromatic carbocycles. The van der Waals surface area contributed by atoms with Crippen molar-refractivity contribution in [2.24, 2.45) is 0 Å². The Balaban J connectivity index is 1.12. The highest BCUT2D eigenvalue weighted by molar-refractivity contribution is 6.00. The van der Waals surface area contributed by atoms with Gasteiger partial charge in [-0.15, -0.1) is 0 Å². The van der Waals surface area contributed by atoms with E-state index in [0.29, 0.717) is 0 Å². The second kappa shape index (κ2) is 12.2. The summed E-state index contributed by atoms with van der Waals surface area (Å²) in [6.45, 7) is 6.95. The van der Waals surface area contributed by atoms with E-state index in [2.05, 4.69) is 220 Å². The summed E-state index contributed by atoms with van der Waals surface area (Å²) < 4.78 is 0. The van der Waals surface area contributed by atoms with Gasteiger partial charge in [-0.3, -0.25) is 0 Å². The molecular formula is C55H41N. The van der Waals surface area contributed by atoms with E-state index in [9.17, 15) is 0 Å². The third-order valence-corrected chi connectivity index (χ3v) is 12.7. The van der Waals surface area contributed by atoms with Gasteiger partial charge in [0, 0.05) is 22.5 Å². The first-order chi connectivity index (χ1) is 27.4. The molecule has 0 atom stereocenters. The first-order valence-electron chi connectivity index (χ1n) is 19.8. The van der Waals surface area contributed by atoms with Gasteiger partial charge in [-0.2, -0.15) is 0 Å². The number of nitrogens with zero attached hydrogens (tertiary/aromatic N) is 1. The smallest absolute Gasteiger partial charge is 0.0714 e. The number of anilines is 3. The Morgan fingerprint density at radius 2 is 0.875 bits per heavy atom. The Kier molecular flexibility index (Phi) is 7.10. The van der Waals surface area contributed by atoms with Crippen molar-refractivity contribution in [3.05, 3.63) is 233 Å². The van der Waals surface area contributed by atoms with E-state index in [0.717, 1.165) is 17.1 Å². The second-order valence-corrected chi connectivity index (χ2v) is 16.2. The van der Waals surface area contributed by atoms with Crippen LogP contribution < -0.4 is 4.90 Å². The molecule has 0 saturated carbocycles. The van der Waals surface area contributed by atoms with Gasteiger partial charge in [-0.1, -0.05) is 147 Å². The molecule has 0 spiro atoms. The molecule has 1 nitrogen and oxygen atoms in total. The fourth-order valence-electron chi connectivity index (χ4n) is 10.1. The van der Waals surface area contributed by atoms with Gasteiger partial charge in [0.25, 0.3) is 0 Å². The Labute approximate surface area is 329 Å². The molecule has 0 aliphatic heterocycles. The van der Waals surface area contributed by atoms with Crippen molar-refractivity contribution in [1.82, 2.24) is 0 Å². The first-order valence-corrected chi connectivity index (χ1v) is 19.8. The molecule has 2 aliphatic carbocycles. The Hall–Kier alpha value is -6.70. The molecular weight excluding hydrogens is 675 g/mol. The monoisotopic (exact) mass is 715 g/mol. The van der Waals surface area contributed by atoms with Crippen LogP contribution in [0.5, 0.6) is 0 Å². The predicted octanol–water partition coefficient (Wildman–Crippen LogP) is 14.4. The van der Waals surface area contributed by atoms with E-state index in [1.54, 1.807) is 0 Å². The van der Waals surface area contributed by atoms with Crippen molar-refractivity contribution in [1.29, 1.82) is 0 Å². The van der Waals surface area contributed by atoms with Crippen LogP contribution >= 0.6 is 0 Å². The van der Waals surface area contributed by atoms with Crippen LogP contribution in [-0.2, 0) is 10.8 Å². The molecule has 1 heteroatoms. The minimum absolute atomic E-state index is 0.109. The number of fused-ring (bicyclic) bond motifs is 8. The zero-order chi connectivity index (χ0) is 37.6. The fraction of sp³-hybridized carbons (Fsp3) is 0.0909. The quantitative estimate of drug-likeness (QED) is 0.171. The van der Waals surface area contributed by atoms with E-state index in [4.69, 9.17) is 0 Å². The summed E-state index contributed by atoms with van der Waals surface area (Å²) in [5, 5.41) is 5.10. The van der Waals surface area contributed by atoms with Crippen LogP contribution in [0, 0.1) is 6.92 Å². The van der Waals surface area contributed by atoms with Gasteiger partial charge in [-0.25, -0.2) is 0 Å². The van der Waals surface area contributed by atoms with Crippen molar-refractivity contribution >= 4 is 38.6 Å². The summed E-state index contributed by atoms with van der Waals surface area (Å²) in [7, 11) is 0. The van der Waals surface area contributed by atoms with Gasteiger partial charge in [0.15, 0.2) is 0 Å². The summed E-state index contributed by atoms with van der Waals surface area (Å²) in [4.78, 5) is 2.45. The molecule has 0 heterocycles. The second-order valence-electron chi connectivity index (χ2n) is 16.2. The average Bonchev–Trinajstić information content (AvgIpc) is 3.64. The Morgan fingerprint density at radius 3 is 1.57 bits per heavy atom. The van der Waals surface area contributed by atoms with Crippen LogP contribution in [0.4, 0.5) is 17.1 Å². The maximum absolute atomic E-state index is 2.47. The van der Waals surface area contributed by atoms with E-state index < -0.39 is 5.41 Å². The third kappa shape index (κ3) is 4.67. The molecule has 0 fully saturated rings. The standard InChI is InChI=1S/C55H41N/c1-36-15-14-22-43(29-36)56(44-26-25-39-32-49-48-31-37-16-10-11-17-38(37)33-51(48)54(2,3)52(49)34-40(39)30-44)45-27-28-47-46-23-12-13-24-50(46)55(53(47)35-45,41-18-6-4-7-19-41)42-20-8-5-9-21-42/h4-35H,1-3H3. The molecule has 0 saturated heterocycles. The fourth-order valence-corrected chi connectivity index (χ4v) is 10.1. The molecule has 0 unspecified atom stereocenters. The normalized spacial score (nSPS) is 14.3. The van der Waals surface area contributed by atoms with Crippen LogP contribution in [0.25, 0.3) is 43.8 Å². The minimum atomic E-state index is -0.474. The molecule has 11 rings (SSSR count). The first kappa shape index (κ1) is 32.7. The van der Waals surface area contributed by atoms with Crippen molar-refractivity contribution in [2.75, 3.05) is 4.90 Å². The summed E-state index contributed by atoms with van der Waals surface area (Å²) >= 11 is 0. The lowest BCUT2D eigenvalue weighted by atomic mass is 9.67. The minimum Gasteiger partial charge on any atom is -0.310 e. The summed E-state index contributed by atoms with van der Waals surface area (Å²) in [6.07, 6.45) is 0. The van der Waals surface area contributed by atoms with Gasteiger partial charge < -0.3 is 4.90 Å². The van der Waals surface area contributed by atoms with Crippen molar-refractivity contribution in [2.45, 2.75) is 31.6 Å². The zero-order valence-electron chi connectivity index (χ0n) is 31.9. The Bertz CT molecular complexity index is 2970. The van der Waals surface area contributed by atoms with Gasteiger partial charge in [0.1, 0.15) is 0 Å². The molecule has 0 bridgehead atoms. The highest BCUT2D eigenvalue weighted by Gasteiger charge is 2.46. The summed E-state index contributed by atoms with van der Waals surface area (Å²) in [6, 6.07) is 72.7. The summed E-state index contributed by atoms with van der Waals surface area (Å²) in [5.41, 5.74) is 17.3. The number of aryl methyl sites for hydroxylation is 1. The number of hydrogen-bond donors (Lipinski definition) is 0. The Morgan fingerprint density at radius 1 is 0.339 bits per heavy atom. The lowest BCUT2D eigenvalue weighted by Crippen LogP contribution is -2.28. The maximum Gasteiger partial charge on any atom is 0.0714 e. The predicted molar refractivity (Wildman–Crippen MR) is 236 cm³/mol. The molecule has 56 heavy (non-hydrogen) atoms. The van der Waals surface area contributed by atoms with Gasteiger partial charge in [0.05, 0.1) is 5.41 Å². The molecule has 9 aromatic rings. The van der Waals surface area contributed by atoms with Crippen LogP contribution in [-0.4, -0.2) is 0 Å². The van der Waals surface area contributed by atoms with Crippen LogP contribution in [0.1, 0.15) is 52.8 Å². The number of benzene rings is 9. The van der Waals surface area contributed by atoms with Crippen molar-refractivity contribution in [3.8, 4) is 22.3 Å². The summed E-state index contributed by atoms with van der Waals surface area (Å²) in [5.74, 6) is 0. The SMILES string of the molecule is Cc1cccc(N(c2ccc3c(c2)C(c2ccccc2)(c2ccccc2)c2ccccc2-3)c2ccc3cc4c(cc3c2)C(C)(C)c2cc3ccccc3cc2-4)c1. The molecule has 2 aliphatic rings. The van der Waals surface area contributed by atoms with E-state index in [-0.39, 0.29) is 5.41 Å². The van der Waals surface area contributed by atoms with Gasteiger partial charge >= 0.3 is 0 Å². The van der Waals surface area contributed by atoms with Crippen LogP contribution in [0.15, 0.2) is 194 Å². The van der Waals surface area contributed by atoms with Crippen LogP contribution in [0.3, 0.4) is 0 Å². The van der Waals surface area contributed by atoms with E-state index in [1.165, 1.54) is 82.7 Å². The van der Waals surface area contributed by atoms with Crippen LogP contribution in [0.2, 0.25) is 0 Å². The van der Waals surface area contributed by atoms with E-state index in [1.807, 2.05) is 0 Å². The number of rotatable bonds is 5. The zero-order valence-corrected chi connectivity index (χ0v) is 31.9. The molecule has 0 amide bonds. The molecule has 0 aromatic heterocycles. The topological polar surface area (TPSA) is 3.24 Å². The molecule has 266 valence electrons. The largest absolute Gasteiger partial charge is 0.310 e. The van der Waals surface area contributed by atoms with Gasteiger partial charge in [-0.05, 0) is 150 Å². The number of hydrogen-bond acceptors (Lipinski definition) is 1. The molecule has 0 radical (unpaired) electrons. The van der Waals surface area contributed by atoms with E-state index >= 15 is 0 Å². The third-order valence-electron chi connectivity index (χ3n) is 12.7. The lowest BCUT2D eigenvalue weighted by molar-refractivity contribution is 0.662. The highest BCUT2D eigenvalue weighted by atomic mass is 15.1. The van der Waals surface area contributed by atoms with Crippen molar-refractivity contribution in [3.63, 3.8) is 0 Å². The van der Waals surface area contributed by atoms with Gasteiger partial charge in [0.2, 0.25) is 0 Å². The van der Waals surface area contributed by atoms with Crippen molar-refractivity contribution < 1.29 is 0 Å².